The number of allylic oxidation sites excluding steroid dienone is 1. The molecule has 1 saturated heterocycles. The SMILES string of the molecule is C/C(N[C@H]1CC[C@H](C(C)=O)CC1)=C(/C=N)C(=O)N(CC(O)c1c(Cl)cncc1Cl)C[C@@H]1CCC(C)(C)O1. The number of hydrogen-bond donors (Lipinski definition) is 3. The van der Waals surface area contributed by atoms with E-state index >= 15 is 0 Å². The molecular weight excluding hydrogens is 515 g/mol. The number of ether oxygens (including phenoxy) is 1. The van der Waals surface area contributed by atoms with Crippen molar-refractivity contribution >= 4 is 41.1 Å². The van der Waals surface area contributed by atoms with Gasteiger partial charge in [0.1, 0.15) is 5.78 Å². The van der Waals surface area contributed by atoms with Crippen LogP contribution in [0.15, 0.2) is 23.7 Å². The number of carbonyl (C=O) groups excluding carboxylic acids is 2. The molecule has 2 atom stereocenters. The average molecular weight is 554 g/mol. The van der Waals surface area contributed by atoms with Crippen molar-refractivity contribution < 1.29 is 19.4 Å². The standard InChI is InChI=1S/C27H38Cl2N4O4/c1-16(32-19-7-5-18(6-8-19)17(2)34)21(11-30)26(36)33(14-20-9-10-27(3,4)37-20)15-24(35)25-22(28)12-31-13-23(25)29/h11-13,18-20,24,30,32,35H,5-10,14-15H2,1-4H3/b21-16+,30-11?/t18-,19-,20-,24?/m0/s1. The molecule has 0 bridgehead atoms. The smallest absolute Gasteiger partial charge is 0.257 e. The molecule has 2 heterocycles. The minimum Gasteiger partial charge on any atom is -0.386 e. The van der Waals surface area contributed by atoms with Crippen molar-refractivity contribution in [2.75, 3.05) is 13.1 Å². The molecule has 37 heavy (non-hydrogen) atoms. The van der Waals surface area contributed by atoms with Crippen molar-refractivity contribution in [1.29, 1.82) is 5.41 Å². The summed E-state index contributed by atoms with van der Waals surface area (Å²) in [6.45, 7) is 7.64. The fraction of sp³-hybridized carbons (Fsp3) is 0.630. The average Bonchev–Trinajstić information content (AvgIpc) is 3.17. The van der Waals surface area contributed by atoms with E-state index in [4.69, 9.17) is 33.3 Å². The van der Waals surface area contributed by atoms with Gasteiger partial charge in [-0.05, 0) is 66.2 Å². The van der Waals surface area contributed by atoms with Gasteiger partial charge in [0.25, 0.3) is 5.91 Å². The van der Waals surface area contributed by atoms with E-state index in [0.29, 0.717) is 11.3 Å². The van der Waals surface area contributed by atoms with Crippen LogP contribution >= 0.6 is 23.2 Å². The second kappa shape index (κ2) is 12.7. The number of aliphatic hydroxyl groups excluding tert-OH is 1. The first-order valence-corrected chi connectivity index (χ1v) is 13.6. The Morgan fingerprint density at radius 1 is 1.22 bits per heavy atom. The number of aliphatic hydroxyl groups is 1. The molecule has 1 aliphatic heterocycles. The first-order valence-electron chi connectivity index (χ1n) is 12.8. The van der Waals surface area contributed by atoms with E-state index in [0.717, 1.165) is 44.7 Å². The highest BCUT2D eigenvalue weighted by Crippen LogP contribution is 2.33. The summed E-state index contributed by atoms with van der Waals surface area (Å²) >= 11 is 12.5. The fourth-order valence-electron chi connectivity index (χ4n) is 5.26. The molecule has 3 rings (SSSR count). The van der Waals surface area contributed by atoms with Crippen molar-refractivity contribution in [2.45, 2.75) is 90.1 Å². The van der Waals surface area contributed by atoms with E-state index in [-0.39, 0.29) is 64.1 Å². The normalized spacial score (nSPS) is 24.7. The monoisotopic (exact) mass is 552 g/mol. The molecular formula is C27H38Cl2N4O4. The first-order chi connectivity index (χ1) is 17.4. The van der Waals surface area contributed by atoms with Crippen LogP contribution < -0.4 is 5.32 Å². The number of ketones is 1. The number of aromatic nitrogens is 1. The topological polar surface area (TPSA) is 116 Å². The number of carbonyl (C=O) groups is 2. The van der Waals surface area contributed by atoms with Gasteiger partial charge in [-0.2, -0.15) is 0 Å². The van der Waals surface area contributed by atoms with E-state index in [1.807, 2.05) is 13.8 Å². The summed E-state index contributed by atoms with van der Waals surface area (Å²) in [7, 11) is 0. The van der Waals surface area contributed by atoms with Crippen LogP contribution in [0.5, 0.6) is 0 Å². The van der Waals surface area contributed by atoms with Gasteiger partial charge in [0.05, 0.1) is 40.0 Å². The highest BCUT2D eigenvalue weighted by molar-refractivity contribution is 6.35. The molecule has 0 spiro atoms. The van der Waals surface area contributed by atoms with Crippen LogP contribution in [0.1, 0.15) is 77.9 Å². The largest absolute Gasteiger partial charge is 0.386 e. The van der Waals surface area contributed by atoms with Gasteiger partial charge in [-0.1, -0.05) is 23.2 Å². The Kier molecular flexibility index (Phi) is 10.1. The van der Waals surface area contributed by atoms with Crippen LogP contribution in [0.3, 0.4) is 0 Å². The van der Waals surface area contributed by atoms with Crippen LogP contribution in [0, 0.1) is 11.3 Å². The maximum atomic E-state index is 13.8. The Bertz CT molecular complexity index is 1020. The summed E-state index contributed by atoms with van der Waals surface area (Å²) in [5, 5.41) is 22.9. The lowest BCUT2D eigenvalue weighted by molar-refractivity contribution is -0.131. The third kappa shape index (κ3) is 7.76. The van der Waals surface area contributed by atoms with Crippen molar-refractivity contribution in [2.24, 2.45) is 5.92 Å². The Balaban J connectivity index is 1.81. The number of nitrogens with one attached hydrogen (secondary N) is 2. The molecule has 1 amide bonds. The zero-order valence-corrected chi connectivity index (χ0v) is 23.5. The van der Waals surface area contributed by atoms with E-state index in [2.05, 4.69) is 10.3 Å². The third-order valence-corrected chi connectivity index (χ3v) is 7.99. The Hall–Kier alpha value is -2.00. The summed E-state index contributed by atoms with van der Waals surface area (Å²) < 4.78 is 6.13. The molecule has 2 fully saturated rings. The molecule has 1 aromatic rings. The predicted octanol–water partition coefficient (Wildman–Crippen LogP) is 4.87. The lowest BCUT2D eigenvalue weighted by Crippen LogP contribution is -2.43. The molecule has 0 radical (unpaired) electrons. The summed E-state index contributed by atoms with van der Waals surface area (Å²) in [4.78, 5) is 30.9. The molecule has 10 heteroatoms. The Morgan fingerprint density at radius 3 is 2.35 bits per heavy atom. The van der Waals surface area contributed by atoms with Crippen LogP contribution in [0.25, 0.3) is 0 Å². The van der Waals surface area contributed by atoms with Gasteiger partial charge >= 0.3 is 0 Å². The highest BCUT2D eigenvalue weighted by Gasteiger charge is 2.35. The number of nitrogens with zero attached hydrogens (tertiary/aromatic N) is 2. The number of halogens is 2. The van der Waals surface area contributed by atoms with Crippen LogP contribution in [0.2, 0.25) is 10.0 Å². The molecule has 3 N–H and O–H groups in total. The number of rotatable bonds is 10. The molecule has 2 aliphatic rings. The fourth-order valence-corrected chi connectivity index (χ4v) is 5.88. The van der Waals surface area contributed by atoms with Gasteiger partial charge in [-0.3, -0.25) is 14.6 Å². The summed E-state index contributed by atoms with van der Waals surface area (Å²) in [5.41, 5.74) is 0.830. The number of Topliss-reactive ketones (excluding diaryl/α,β-unsaturated/α-hetero) is 1. The minimum absolute atomic E-state index is 0.0725. The van der Waals surface area contributed by atoms with Gasteiger partial charge < -0.3 is 25.5 Å². The maximum absolute atomic E-state index is 13.8. The van der Waals surface area contributed by atoms with Crippen molar-refractivity contribution in [3.63, 3.8) is 0 Å². The maximum Gasteiger partial charge on any atom is 0.257 e. The number of hydrogen-bond acceptors (Lipinski definition) is 7. The minimum atomic E-state index is -1.15. The van der Waals surface area contributed by atoms with E-state index in [1.54, 1.807) is 13.8 Å². The zero-order chi connectivity index (χ0) is 27.3. The van der Waals surface area contributed by atoms with E-state index < -0.39 is 6.10 Å². The molecule has 204 valence electrons. The second-order valence-corrected chi connectivity index (χ2v) is 11.6. The van der Waals surface area contributed by atoms with Crippen molar-refractivity contribution in [3.8, 4) is 0 Å². The van der Waals surface area contributed by atoms with Crippen molar-refractivity contribution in [3.05, 3.63) is 39.3 Å². The Morgan fingerprint density at radius 2 is 1.84 bits per heavy atom. The zero-order valence-electron chi connectivity index (χ0n) is 22.0. The molecule has 1 unspecified atom stereocenters. The van der Waals surface area contributed by atoms with Gasteiger partial charge in [-0.25, -0.2) is 0 Å². The summed E-state index contributed by atoms with van der Waals surface area (Å²) in [6.07, 6.45) is 7.43. The molecule has 1 aromatic heterocycles. The van der Waals surface area contributed by atoms with Gasteiger partial charge in [0.15, 0.2) is 0 Å². The van der Waals surface area contributed by atoms with Crippen LogP contribution in [-0.2, 0) is 14.3 Å². The number of amides is 1. The van der Waals surface area contributed by atoms with E-state index in [9.17, 15) is 14.7 Å². The summed E-state index contributed by atoms with van der Waals surface area (Å²) in [6, 6.07) is 0.130. The highest BCUT2D eigenvalue weighted by atomic mass is 35.5. The third-order valence-electron chi connectivity index (χ3n) is 7.38. The van der Waals surface area contributed by atoms with Gasteiger partial charge in [0.2, 0.25) is 0 Å². The van der Waals surface area contributed by atoms with Gasteiger partial charge in [-0.15, -0.1) is 0 Å². The quantitative estimate of drug-likeness (QED) is 0.281. The molecule has 1 saturated carbocycles. The van der Waals surface area contributed by atoms with E-state index in [1.165, 1.54) is 17.3 Å². The predicted molar refractivity (Wildman–Crippen MR) is 145 cm³/mol. The Labute approximate surface area is 229 Å². The molecule has 8 nitrogen and oxygen atoms in total. The van der Waals surface area contributed by atoms with Crippen LogP contribution in [-0.4, -0.2) is 63.7 Å². The lowest BCUT2D eigenvalue weighted by atomic mass is 9.84. The lowest BCUT2D eigenvalue weighted by Gasteiger charge is -2.31. The molecule has 0 aromatic carbocycles. The second-order valence-electron chi connectivity index (χ2n) is 10.8. The van der Waals surface area contributed by atoms with Crippen molar-refractivity contribution in [1.82, 2.24) is 15.2 Å². The summed E-state index contributed by atoms with van der Waals surface area (Å²) in [5.74, 6) is -0.0567. The van der Waals surface area contributed by atoms with Crippen LogP contribution in [0.4, 0.5) is 0 Å². The first kappa shape index (κ1) is 29.6. The van der Waals surface area contributed by atoms with Gasteiger partial charge in [0, 0.05) is 48.4 Å². The number of pyridine rings is 1. The molecule has 1 aliphatic carbocycles.